The first-order chi connectivity index (χ1) is 11.6. The molecule has 1 aliphatic carbocycles. The van der Waals surface area contributed by atoms with Crippen molar-refractivity contribution in [1.29, 1.82) is 0 Å². The van der Waals surface area contributed by atoms with Crippen molar-refractivity contribution in [3.05, 3.63) is 52.2 Å². The Hall–Kier alpha value is -1.72. The van der Waals surface area contributed by atoms with Gasteiger partial charge < -0.3 is 10.5 Å². The molecule has 0 aliphatic heterocycles. The molecule has 1 unspecified atom stereocenters. The normalized spacial score (nSPS) is 15.6. The van der Waals surface area contributed by atoms with Crippen LogP contribution in [0.3, 0.4) is 0 Å². The number of benzene rings is 1. The van der Waals surface area contributed by atoms with Gasteiger partial charge in [0.05, 0.1) is 5.69 Å². The van der Waals surface area contributed by atoms with Gasteiger partial charge in [0, 0.05) is 25.2 Å². The smallest absolute Gasteiger partial charge is 0.224 e. The molecule has 0 saturated heterocycles. The summed E-state index contributed by atoms with van der Waals surface area (Å²) in [5.41, 5.74) is 8.71. The standard InChI is InChI=1S/C13H11ClFN3.C5H12O/c14-13-17-11-9(5-6-10(11)12(16)18-13)7-1-3-8(15)4-2-7;1-3-4-5-6-2/h1-4,9H,5-6H2,(H2,16,17,18);3-5H2,1-2H3. The molecule has 4 nitrogen and oxygen atoms in total. The highest BCUT2D eigenvalue weighted by molar-refractivity contribution is 6.28. The number of nitrogens with zero attached hydrogens (tertiary/aromatic N) is 2. The van der Waals surface area contributed by atoms with E-state index in [1.807, 2.05) is 0 Å². The van der Waals surface area contributed by atoms with Crippen LogP contribution in [0.4, 0.5) is 10.2 Å². The van der Waals surface area contributed by atoms with Crippen LogP contribution in [0.5, 0.6) is 0 Å². The lowest BCUT2D eigenvalue weighted by molar-refractivity contribution is 0.194. The average Bonchev–Trinajstić information content (AvgIpc) is 2.98. The number of hydrogen-bond acceptors (Lipinski definition) is 4. The van der Waals surface area contributed by atoms with E-state index in [1.54, 1.807) is 19.2 Å². The molecule has 0 fully saturated rings. The fraction of sp³-hybridized carbons (Fsp3) is 0.444. The lowest BCUT2D eigenvalue weighted by atomic mass is 9.97. The van der Waals surface area contributed by atoms with Crippen molar-refractivity contribution in [2.45, 2.75) is 38.5 Å². The van der Waals surface area contributed by atoms with Gasteiger partial charge in [-0.2, -0.15) is 0 Å². The Morgan fingerprint density at radius 2 is 2.00 bits per heavy atom. The van der Waals surface area contributed by atoms with Crippen molar-refractivity contribution in [3.8, 4) is 0 Å². The zero-order chi connectivity index (χ0) is 17.5. The molecule has 0 saturated carbocycles. The monoisotopic (exact) mass is 351 g/mol. The van der Waals surface area contributed by atoms with E-state index < -0.39 is 0 Å². The summed E-state index contributed by atoms with van der Waals surface area (Å²) in [5, 5.41) is 0.167. The first-order valence-corrected chi connectivity index (χ1v) is 8.50. The van der Waals surface area contributed by atoms with Gasteiger partial charge in [-0.1, -0.05) is 25.5 Å². The van der Waals surface area contributed by atoms with Crippen LogP contribution >= 0.6 is 11.6 Å². The predicted molar refractivity (Wildman–Crippen MR) is 94.8 cm³/mol. The van der Waals surface area contributed by atoms with Crippen LogP contribution in [0.15, 0.2) is 24.3 Å². The van der Waals surface area contributed by atoms with E-state index in [0.717, 1.165) is 36.3 Å². The van der Waals surface area contributed by atoms with E-state index in [0.29, 0.717) is 5.82 Å². The lowest BCUT2D eigenvalue weighted by Crippen LogP contribution is -2.04. The van der Waals surface area contributed by atoms with Crippen molar-refractivity contribution in [2.24, 2.45) is 0 Å². The summed E-state index contributed by atoms with van der Waals surface area (Å²) >= 11 is 5.84. The second-order valence-electron chi connectivity index (χ2n) is 5.73. The SMILES string of the molecule is CCCCOC.Nc1nc(Cl)nc2c1CCC2c1ccc(F)cc1. The second-order valence-corrected chi connectivity index (χ2v) is 6.07. The topological polar surface area (TPSA) is 61.0 Å². The molecule has 1 heterocycles. The maximum atomic E-state index is 12.9. The summed E-state index contributed by atoms with van der Waals surface area (Å²) in [4.78, 5) is 8.23. The number of rotatable bonds is 4. The highest BCUT2D eigenvalue weighted by atomic mass is 35.5. The van der Waals surface area contributed by atoms with Crippen LogP contribution in [-0.2, 0) is 11.2 Å². The number of nitrogens with two attached hydrogens (primary N) is 1. The number of nitrogen functional groups attached to an aromatic ring is 1. The molecular formula is C18H23ClFN3O. The van der Waals surface area contributed by atoms with Crippen molar-refractivity contribution in [2.75, 3.05) is 19.5 Å². The molecule has 2 N–H and O–H groups in total. The first kappa shape index (κ1) is 18.6. The van der Waals surface area contributed by atoms with Crippen molar-refractivity contribution in [3.63, 3.8) is 0 Å². The Morgan fingerprint density at radius 1 is 1.29 bits per heavy atom. The van der Waals surface area contributed by atoms with E-state index in [9.17, 15) is 4.39 Å². The molecule has 2 aromatic rings. The number of fused-ring (bicyclic) bond motifs is 1. The van der Waals surface area contributed by atoms with Crippen LogP contribution < -0.4 is 5.73 Å². The van der Waals surface area contributed by atoms with Gasteiger partial charge in [0.2, 0.25) is 5.28 Å². The summed E-state index contributed by atoms with van der Waals surface area (Å²) in [7, 11) is 1.73. The van der Waals surface area contributed by atoms with Gasteiger partial charge in [0.25, 0.3) is 0 Å². The zero-order valence-corrected chi connectivity index (χ0v) is 14.8. The maximum absolute atomic E-state index is 12.9. The van der Waals surface area contributed by atoms with Gasteiger partial charge in [-0.15, -0.1) is 0 Å². The molecule has 1 aliphatic rings. The molecule has 0 spiro atoms. The molecule has 130 valence electrons. The van der Waals surface area contributed by atoms with Gasteiger partial charge in [0.1, 0.15) is 11.6 Å². The Balaban J connectivity index is 0.000000301. The predicted octanol–water partition coefficient (Wildman–Crippen LogP) is 4.36. The number of unbranched alkanes of at least 4 members (excludes halogenated alkanes) is 1. The van der Waals surface area contributed by atoms with Crippen LogP contribution in [0.1, 0.15) is 48.9 Å². The Kier molecular flexibility index (Phi) is 6.94. The quantitative estimate of drug-likeness (QED) is 0.656. The summed E-state index contributed by atoms with van der Waals surface area (Å²) < 4.78 is 17.7. The first-order valence-electron chi connectivity index (χ1n) is 8.13. The van der Waals surface area contributed by atoms with Crippen molar-refractivity contribution >= 4 is 17.4 Å². The third kappa shape index (κ3) is 4.65. The van der Waals surface area contributed by atoms with Gasteiger partial charge in [-0.25, -0.2) is 14.4 Å². The number of ether oxygens (including phenoxy) is 1. The number of aromatic nitrogens is 2. The molecule has 3 rings (SSSR count). The number of hydrogen-bond donors (Lipinski definition) is 1. The van der Waals surface area contributed by atoms with Gasteiger partial charge in [-0.3, -0.25) is 0 Å². The van der Waals surface area contributed by atoms with Crippen LogP contribution in [-0.4, -0.2) is 23.7 Å². The Morgan fingerprint density at radius 3 is 2.58 bits per heavy atom. The van der Waals surface area contributed by atoms with Crippen LogP contribution in [0.2, 0.25) is 5.28 Å². The number of halogens is 2. The van der Waals surface area contributed by atoms with E-state index in [4.69, 9.17) is 22.1 Å². The number of methoxy groups -OCH3 is 1. The summed E-state index contributed by atoms with van der Waals surface area (Å²) in [6.07, 6.45) is 4.16. The third-order valence-corrected chi connectivity index (χ3v) is 4.20. The molecular weight excluding hydrogens is 329 g/mol. The van der Waals surface area contributed by atoms with E-state index in [1.165, 1.54) is 25.0 Å². The zero-order valence-electron chi connectivity index (χ0n) is 14.1. The van der Waals surface area contributed by atoms with Gasteiger partial charge in [0.15, 0.2) is 0 Å². The fourth-order valence-electron chi connectivity index (χ4n) is 2.77. The molecule has 24 heavy (non-hydrogen) atoms. The second kappa shape index (κ2) is 8.94. The minimum atomic E-state index is -0.239. The average molecular weight is 352 g/mol. The molecule has 1 aromatic heterocycles. The summed E-state index contributed by atoms with van der Waals surface area (Å²) in [5.74, 6) is 0.343. The molecule has 1 aromatic carbocycles. The van der Waals surface area contributed by atoms with E-state index >= 15 is 0 Å². The van der Waals surface area contributed by atoms with E-state index in [-0.39, 0.29) is 17.0 Å². The Bertz CT molecular complexity index is 660. The minimum absolute atomic E-state index is 0.128. The third-order valence-electron chi connectivity index (χ3n) is 4.03. The highest BCUT2D eigenvalue weighted by Crippen LogP contribution is 2.39. The van der Waals surface area contributed by atoms with Gasteiger partial charge >= 0.3 is 0 Å². The van der Waals surface area contributed by atoms with Gasteiger partial charge in [-0.05, 0) is 48.6 Å². The lowest BCUT2D eigenvalue weighted by Gasteiger charge is -2.11. The maximum Gasteiger partial charge on any atom is 0.224 e. The Labute approximate surface area is 147 Å². The molecule has 1 atom stereocenters. The molecule has 0 bridgehead atoms. The van der Waals surface area contributed by atoms with Crippen LogP contribution in [0.25, 0.3) is 0 Å². The molecule has 0 radical (unpaired) electrons. The number of anilines is 1. The van der Waals surface area contributed by atoms with E-state index in [2.05, 4.69) is 16.9 Å². The fourth-order valence-corrected chi connectivity index (χ4v) is 2.95. The van der Waals surface area contributed by atoms with Crippen molar-refractivity contribution < 1.29 is 9.13 Å². The minimum Gasteiger partial charge on any atom is -0.385 e. The highest BCUT2D eigenvalue weighted by Gasteiger charge is 2.28. The largest absolute Gasteiger partial charge is 0.385 e. The molecule has 6 heteroatoms. The van der Waals surface area contributed by atoms with Crippen LogP contribution in [0, 0.1) is 5.82 Å². The molecule has 0 amide bonds. The summed E-state index contributed by atoms with van der Waals surface area (Å²) in [6.45, 7) is 3.07. The summed E-state index contributed by atoms with van der Waals surface area (Å²) in [6, 6.07) is 6.47. The van der Waals surface area contributed by atoms with Crippen molar-refractivity contribution in [1.82, 2.24) is 9.97 Å².